The molecule has 1 rings (SSSR count). The van der Waals surface area contributed by atoms with E-state index in [4.69, 9.17) is 0 Å². The fraction of sp³-hybridized carbons (Fsp3) is 0.647. The van der Waals surface area contributed by atoms with Crippen molar-refractivity contribution in [2.45, 2.75) is 65.1 Å². The molecular weight excluding hydrogens is 275 g/mol. The zero-order valence-electron chi connectivity index (χ0n) is 13.6. The van der Waals surface area contributed by atoms with Crippen molar-refractivity contribution in [2.24, 2.45) is 0 Å². The lowest BCUT2D eigenvalue weighted by Gasteiger charge is -2.31. The van der Waals surface area contributed by atoms with Gasteiger partial charge in [0.1, 0.15) is 0 Å². The first kappa shape index (κ1) is 18.0. The molecule has 1 nitrogen and oxygen atoms in total. The maximum atomic E-state index is 12.7. The molecular formula is C17H26F3N. The average Bonchev–Trinajstić information content (AvgIpc) is 2.34. The van der Waals surface area contributed by atoms with Crippen LogP contribution in [0.5, 0.6) is 0 Å². The van der Waals surface area contributed by atoms with Crippen molar-refractivity contribution in [3.8, 4) is 0 Å². The molecule has 0 radical (unpaired) electrons. The summed E-state index contributed by atoms with van der Waals surface area (Å²) in [5.41, 5.74) is 0.962. The molecule has 1 atom stereocenters. The van der Waals surface area contributed by atoms with Crippen molar-refractivity contribution >= 4 is 0 Å². The highest BCUT2D eigenvalue weighted by molar-refractivity contribution is 5.37. The zero-order valence-corrected chi connectivity index (χ0v) is 13.6. The topological polar surface area (TPSA) is 12.0 Å². The predicted molar refractivity (Wildman–Crippen MR) is 81.6 cm³/mol. The Morgan fingerprint density at radius 3 is 2.29 bits per heavy atom. The van der Waals surface area contributed by atoms with E-state index in [2.05, 4.69) is 33.0 Å². The van der Waals surface area contributed by atoms with Crippen LogP contribution in [0.1, 0.15) is 57.2 Å². The van der Waals surface area contributed by atoms with Gasteiger partial charge in [0.05, 0.1) is 5.56 Å². The maximum absolute atomic E-state index is 12.7. The van der Waals surface area contributed by atoms with E-state index in [1.54, 1.807) is 13.0 Å². The zero-order chi connectivity index (χ0) is 16.3. The predicted octanol–water partition coefficient (Wildman–Crippen LogP) is 5.07. The Kier molecular flexibility index (Phi) is 5.85. The van der Waals surface area contributed by atoms with Gasteiger partial charge in [-0.15, -0.1) is 0 Å². The lowest BCUT2D eigenvalue weighted by Crippen LogP contribution is -2.34. The molecule has 0 heterocycles. The van der Waals surface area contributed by atoms with Gasteiger partial charge >= 0.3 is 6.18 Å². The minimum atomic E-state index is -4.27. The molecule has 1 unspecified atom stereocenters. The lowest BCUT2D eigenvalue weighted by molar-refractivity contribution is -0.137. The third kappa shape index (κ3) is 5.03. The number of alkyl halides is 3. The molecule has 120 valence electrons. The number of rotatable bonds is 6. The van der Waals surface area contributed by atoms with Gasteiger partial charge in [-0.3, -0.25) is 0 Å². The molecule has 0 bridgehead atoms. The highest BCUT2D eigenvalue weighted by Crippen LogP contribution is 2.35. The molecule has 0 aromatic heterocycles. The van der Waals surface area contributed by atoms with Crippen LogP contribution in [0.4, 0.5) is 13.2 Å². The van der Waals surface area contributed by atoms with Crippen LogP contribution in [-0.4, -0.2) is 12.6 Å². The molecule has 0 saturated heterocycles. The monoisotopic (exact) mass is 301 g/mol. The van der Waals surface area contributed by atoms with E-state index >= 15 is 0 Å². The fourth-order valence-corrected chi connectivity index (χ4v) is 2.94. The van der Waals surface area contributed by atoms with E-state index in [9.17, 15) is 13.2 Å². The van der Waals surface area contributed by atoms with Gasteiger partial charge in [0.15, 0.2) is 0 Å². The number of nitrogens with one attached hydrogen (secondary N) is 1. The van der Waals surface area contributed by atoms with Crippen molar-refractivity contribution in [3.05, 3.63) is 34.9 Å². The minimum absolute atomic E-state index is 0.158. The molecule has 0 spiro atoms. The van der Waals surface area contributed by atoms with E-state index in [-0.39, 0.29) is 5.41 Å². The van der Waals surface area contributed by atoms with Gasteiger partial charge in [-0.05, 0) is 61.9 Å². The van der Waals surface area contributed by atoms with E-state index in [0.717, 1.165) is 24.9 Å². The quantitative estimate of drug-likeness (QED) is 0.773. The summed E-state index contributed by atoms with van der Waals surface area (Å²) in [5, 5.41) is 3.43. The van der Waals surface area contributed by atoms with Gasteiger partial charge in [0.25, 0.3) is 0 Å². The molecule has 1 aromatic rings. The van der Waals surface area contributed by atoms with Crippen LogP contribution in [0.15, 0.2) is 18.2 Å². The van der Waals surface area contributed by atoms with Crippen molar-refractivity contribution in [2.75, 3.05) is 6.54 Å². The number of aryl methyl sites for hydroxylation is 1. The van der Waals surface area contributed by atoms with Crippen LogP contribution in [0.2, 0.25) is 0 Å². The third-order valence-electron chi connectivity index (χ3n) is 3.84. The summed E-state index contributed by atoms with van der Waals surface area (Å²) in [6.07, 6.45) is -2.31. The Bertz CT molecular complexity index is 464. The van der Waals surface area contributed by atoms with Crippen LogP contribution < -0.4 is 5.32 Å². The molecule has 21 heavy (non-hydrogen) atoms. The molecule has 0 aliphatic heterocycles. The second-order valence-corrected chi connectivity index (χ2v) is 6.47. The molecule has 4 heteroatoms. The summed E-state index contributed by atoms with van der Waals surface area (Å²) < 4.78 is 38.2. The molecule has 0 saturated carbocycles. The Hall–Kier alpha value is -1.03. The SMILES string of the molecule is CCCNC(C)CC(C)(C)c1ccc(C(F)(F)F)cc1C. The Labute approximate surface area is 125 Å². The molecule has 0 aliphatic carbocycles. The fourth-order valence-electron chi connectivity index (χ4n) is 2.94. The maximum Gasteiger partial charge on any atom is 0.416 e. The Morgan fingerprint density at radius 2 is 1.81 bits per heavy atom. The Morgan fingerprint density at radius 1 is 1.19 bits per heavy atom. The number of benzene rings is 1. The lowest BCUT2D eigenvalue weighted by atomic mass is 9.77. The standard InChI is InChI=1S/C17H26F3N/c1-6-9-21-13(3)11-16(4,5)15-8-7-14(10-12(15)2)17(18,19)20/h7-8,10,13,21H,6,9,11H2,1-5H3. The first-order chi connectivity index (χ1) is 9.58. The first-order valence-corrected chi connectivity index (χ1v) is 7.49. The van der Waals surface area contributed by atoms with Crippen LogP contribution in [-0.2, 0) is 11.6 Å². The van der Waals surface area contributed by atoms with Crippen molar-refractivity contribution in [1.29, 1.82) is 0 Å². The second kappa shape index (κ2) is 6.82. The first-order valence-electron chi connectivity index (χ1n) is 7.49. The van der Waals surface area contributed by atoms with Gasteiger partial charge in [-0.1, -0.05) is 26.8 Å². The summed E-state index contributed by atoms with van der Waals surface area (Å²) in [4.78, 5) is 0. The summed E-state index contributed by atoms with van der Waals surface area (Å²) in [6, 6.07) is 4.40. The summed E-state index contributed by atoms with van der Waals surface area (Å²) >= 11 is 0. The summed E-state index contributed by atoms with van der Waals surface area (Å²) in [5.74, 6) is 0. The van der Waals surface area contributed by atoms with Gasteiger partial charge < -0.3 is 5.32 Å². The van der Waals surface area contributed by atoms with E-state index in [0.29, 0.717) is 11.6 Å². The second-order valence-electron chi connectivity index (χ2n) is 6.47. The van der Waals surface area contributed by atoms with Crippen LogP contribution in [0.3, 0.4) is 0 Å². The molecule has 0 amide bonds. The summed E-state index contributed by atoms with van der Waals surface area (Å²) in [7, 11) is 0. The average molecular weight is 301 g/mol. The molecule has 1 aromatic carbocycles. The van der Waals surface area contributed by atoms with E-state index in [1.165, 1.54) is 12.1 Å². The van der Waals surface area contributed by atoms with Crippen LogP contribution in [0.25, 0.3) is 0 Å². The molecule has 0 aliphatic rings. The third-order valence-corrected chi connectivity index (χ3v) is 3.84. The van der Waals surface area contributed by atoms with Gasteiger partial charge in [-0.25, -0.2) is 0 Å². The number of hydrogen-bond acceptors (Lipinski definition) is 1. The van der Waals surface area contributed by atoms with E-state index in [1.807, 2.05) is 0 Å². The largest absolute Gasteiger partial charge is 0.416 e. The van der Waals surface area contributed by atoms with Crippen molar-refractivity contribution < 1.29 is 13.2 Å². The molecule has 0 fully saturated rings. The normalized spacial score (nSPS) is 14.3. The van der Waals surface area contributed by atoms with Gasteiger partial charge in [0.2, 0.25) is 0 Å². The highest BCUT2D eigenvalue weighted by atomic mass is 19.4. The van der Waals surface area contributed by atoms with Crippen LogP contribution >= 0.6 is 0 Å². The van der Waals surface area contributed by atoms with Gasteiger partial charge in [0, 0.05) is 6.04 Å². The molecule has 1 N–H and O–H groups in total. The number of hydrogen-bond donors (Lipinski definition) is 1. The minimum Gasteiger partial charge on any atom is -0.314 e. The van der Waals surface area contributed by atoms with Gasteiger partial charge in [-0.2, -0.15) is 13.2 Å². The highest BCUT2D eigenvalue weighted by Gasteiger charge is 2.32. The number of halogens is 3. The summed E-state index contributed by atoms with van der Waals surface area (Å²) in [6.45, 7) is 11.1. The Balaban J connectivity index is 2.93. The van der Waals surface area contributed by atoms with Crippen molar-refractivity contribution in [1.82, 2.24) is 5.32 Å². The van der Waals surface area contributed by atoms with E-state index < -0.39 is 11.7 Å². The van der Waals surface area contributed by atoms with Crippen LogP contribution in [0, 0.1) is 6.92 Å². The van der Waals surface area contributed by atoms with Crippen molar-refractivity contribution in [3.63, 3.8) is 0 Å². The smallest absolute Gasteiger partial charge is 0.314 e.